The summed E-state index contributed by atoms with van der Waals surface area (Å²) < 4.78 is 5.71. The Kier molecular flexibility index (Phi) is 37.5. The molecule has 0 saturated heterocycles. The Morgan fingerprint density at radius 3 is 1.19 bits per heavy atom. The number of carbonyl (C=O) groups excluding carboxylic acids is 1. The first kappa shape index (κ1) is 49.3. The van der Waals surface area contributed by atoms with Gasteiger partial charge in [0.1, 0.15) is 0 Å². The number of unbranched alkanes of at least 4 members (excludes halogenated alkanes) is 18. The van der Waals surface area contributed by atoms with Crippen LogP contribution in [0.1, 0.15) is 186 Å². The molecule has 0 aromatic heterocycles. The zero-order valence-electron chi connectivity index (χ0n) is 33.6. The first-order valence-corrected chi connectivity index (χ1v) is 21.1. The minimum absolute atomic E-state index is 0.0723. The third kappa shape index (κ3) is 41.7. The zero-order valence-corrected chi connectivity index (χ0v) is 33.6. The lowest BCUT2D eigenvalue weighted by atomic mass is 9.95. The largest absolute Gasteiger partial charge is 0.481 e. The first-order chi connectivity index (χ1) is 25.3. The van der Waals surface area contributed by atoms with Crippen LogP contribution < -0.4 is 0 Å². The molecule has 300 valence electrons. The van der Waals surface area contributed by atoms with E-state index < -0.39 is 11.9 Å². The fraction of sp³-hybridized carbons (Fsp3) is 0.756. The molecule has 0 saturated carbocycles. The molecule has 52 heavy (non-hydrogen) atoms. The molecule has 0 aliphatic carbocycles. The second kappa shape index (κ2) is 39.5. The number of allylic oxidation sites excluding steroid dienone is 8. The molecule has 0 fully saturated rings. The monoisotopic (exact) mass is 730 g/mol. The predicted octanol–water partition coefficient (Wildman–Crippen LogP) is 12.4. The Bertz CT molecular complexity index is 891. The van der Waals surface area contributed by atoms with E-state index in [2.05, 4.69) is 48.6 Å². The Balaban J connectivity index is 4.01. The number of hydrogen-bond acceptors (Lipinski definition) is 5. The Labute approximate surface area is 319 Å². The molecule has 0 aromatic rings. The molecule has 2 N–H and O–H groups in total. The number of carboxylic acid groups (broad SMARTS) is 2. The lowest BCUT2D eigenvalue weighted by molar-refractivity contribution is -0.145. The minimum Gasteiger partial charge on any atom is -0.481 e. The highest BCUT2D eigenvalue weighted by Crippen LogP contribution is 2.20. The van der Waals surface area contributed by atoms with E-state index in [4.69, 9.17) is 14.9 Å². The van der Waals surface area contributed by atoms with Crippen molar-refractivity contribution in [3.05, 3.63) is 48.6 Å². The van der Waals surface area contributed by atoms with E-state index in [0.29, 0.717) is 31.8 Å². The summed E-state index contributed by atoms with van der Waals surface area (Å²) in [6.45, 7) is 1.30. The van der Waals surface area contributed by atoms with Crippen molar-refractivity contribution < 1.29 is 29.3 Å². The molecule has 0 atom stereocenters. The quantitative estimate of drug-likeness (QED) is 0.0369. The van der Waals surface area contributed by atoms with Gasteiger partial charge in [0.25, 0.3) is 0 Å². The molecule has 0 aromatic carbocycles. The normalized spacial score (nSPS) is 12.2. The summed E-state index contributed by atoms with van der Waals surface area (Å²) >= 11 is 0. The van der Waals surface area contributed by atoms with Crippen LogP contribution in [0.4, 0.5) is 0 Å². The van der Waals surface area contributed by atoms with Crippen LogP contribution in [0.3, 0.4) is 0 Å². The number of hydrogen-bond donors (Lipinski definition) is 2. The van der Waals surface area contributed by atoms with Crippen molar-refractivity contribution in [2.75, 3.05) is 27.2 Å². The van der Waals surface area contributed by atoms with Crippen LogP contribution >= 0.6 is 0 Å². The van der Waals surface area contributed by atoms with Gasteiger partial charge in [-0.3, -0.25) is 14.4 Å². The van der Waals surface area contributed by atoms with Crippen LogP contribution in [-0.4, -0.2) is 60.3 Å². The summed E-state index contributed by atoms with van der Waals surface area (Å²) in [5.41, 5.74) is 0. The van der Waals surface area contributed by atoms with Gasteiger partial charge in [-0.15, -0.1) is 0 Å². The maximum Gasteiger partial charge on any atom is 0.307 e. The summed E-state index contributed by atoms with van der Waals surface area (Å²) in [5, 5.41) is 17.3. The van der Waals surface area contributed by atoms with Crippen molar-refractivity contribution in [3.8, 4) is 0 Å². The third-order valence-corrected chi connectivity index (χ3v) is 9.44. The molecule has 0 rings (SSSR count). The molecule has 0 aliphatic heterocycles. The molecule has 0 amide bonds. The molecule has 0 aliphatic rings. The molecule has 0 unspecified atom stereocenters. The van der Waals surface area contributed by atoms with Crippen LogP contribution in [0.15, 0.2) is 48.6 Å². The van der Waals surface area contributed by atoms with Crippen molar-refractivity contribution in [1.82, 2.24) is 4.90 Å². The van der Waals surface area contributed by atoms with E-state index in [1.807, 2.05) is 19.0 Å². The van der Waals surface area contributed by atoms with Gasteiger partial charge in [-0.25, -0.2) is 0 Å². The zero-order chi connectivity index (χ0) is 38.2. The fourth-order valence-corrected chi connectivity index (χ4v) is 6.16. The number of esters is 1. The SMILES string of the molecule is CN(C)CCC(=O)OCC(CCCCCC/C=C\C/C=C\CCCCCCCC(=O)O)CCCCCC/C=C\C/C=C\CCCCCCCC(=O)O. The van der Waals surface area contributed by atoms with E-state index in [0.717, 1.165) is 96.4 Å². The van der Waals surface area contributed by atoms with E-state index in [1.54, 1.807) is 0 Å². The maximum atomic E-state index is 12.3. The lowest BCUT2D eigenvalue weighted by Gasteiger charge is -2.17. The van der Waals surface area contributed by atoms with Gasteiger partial charge in [-0.05, 0) is 110 Å². The summed E-state index contributed by atoms with van der Waals surface area (Å²) in [7, 11) is 3.97. The number of ether oxygens (including phenoxy) is 1. The van der Waals surface area contributed by atoms with Crippen molar-refractivity contribution in [1.29, 1.82) is 0 Å². The number of rotatable bonds is 39. The Morgan fingerprint density at radius 2 is 0.827 bits per heavy atom. The smallest absolute Gasteiger partial charge is 0.307 e. The van der Waals surface area contributed by atoms with Crippen LogP contribution in [0, 0.1) is 5.92 Å². The van der Waals surface area contributed by atoms with Crippen molar-refractivity contribution in [2.45, 2.75) is 186 Å². The Morgan fingerprint density at radius 1 is 0.481 bits per heavy atom. The highest BCUT2D eigenvalue weighted by atomic mass is 16.5. The van der Waals surface area contributed by atoms with E-state index in [1.165, 1.54) is 77.0 Å². The van der Waals surface area contributed by atoms with E-state index >= 15 is 0 Å². The summed E-state index contributed by atoms with van der Waals surface area (Å²) in [5.74, 6) is -0.976. The highest BCUT2D eigenvalue weighted by Gasteiger charge is 2.12. The molecule has 0 radical (unpaired) electrons. The van der Waals surface area contributed by atoms with Crippen molar-refractivity contribution in [2.24, 2.45) is 5.92 Å². The molecule has 7 nitrogen and oxygen atoms in total. The van der Waals surface area contributed by atoms with Gasteiger partial charge >= 0.3 is 17.9 Å². The third-order valence-electron chi connectivity index (χ3n) is 9.44. The lowest BCUT2D eigenvalue weighted by Crippen LogP contribution is -2.20. The van der Waals surface area contributed by atoms with Crippen LogP contribution in [0.25, 0.3) is 0 Å². The molecular formula is C45H79NO6. The van der Waals surface area contributed by atoms with Gasteiger partial charge in [-0.1, -0.05) is 126 Å². The van der Waals surface area contributed by atoms with Crippen LogP contribution in [0.2, 0.25) is 0 Å². The van der Waals surface area contributed by atoms with E-state index in [9.17, 15) is 14.4 Å². The van der Waals surface area contributed by atoms with Gasteiger partial charge in [0.2, 0.25) is 0 Å². The first-order valence-electron chi connectivity index (χ1n) is 21.1. The molecule has 0 heterocycles. The highest BCUT2D eigenvalue weighted by molar-refractivity contribution is 5.69. The topological polar surface area (TPSA) is 104 Å². The summed E-state index contributed by atoms with van der Waals surface area (Å²) in [6.07, 6.45) is 48.7. The Hall–Kier alpha value is -2.67. The average molecular weight is 730 g/mol. The molecule has 7 heteroatoms. The van der Waals surface area contributed by atoms with Gasteiger partial charge in [0.15, 0.2) is 0 Å². The van der Waals surface area contributed by atoms with Crippen LogP contribution in [0.5, 0.6) is 0 Å². The fourth-order valence-electron chi connectivity index (χ4n) is 6.16. The number of aliphatic carboxylic acids is 2. The molecule has 0 bridgehead atoms. The van der Waals surface area contributed by atoms with E-state index in [-0.39, 0.29) is 5.97 Å². The second-order valence-corrected chi connectivity index (χ2v) is 14.8. The maximum absolute atomic E-state index is 12.3. The molecule has 0 spiro atoms. The number of carboxylic acids is 2. The molecular weight excluding hydrogens is 650 g/mol. The number of carbonyl (C=O) groups is 3. The average Bonchev–Trinajstić information content (AvgIpc) is 3.11. The second-order valence-electron chi connectivity index (χ2n) is 14.8. The van der Waals surface area contributed by atoms with Gasteiger partial charge in [0, 0.05) is 19.4 Å². The van der Waals surface area contributed by atoms with Crippen molar-refractivity contribution >= 4 is 17.9 Å². The standard InChI is InChI=1S/C45H79NO6/c1-46(2)40-39-45(51)52-41-42(35-31-27-23-19-15-11-7-3-5-9-13-17-21-25-29-33-37-43(47)48)36-32-28-24-20-16-12-8-4-6-10-14-18-22-26-30-34-38-44(49)50/h5-12,42H,3-4,13-41H2,1-2H3,(H,47,48)(H,49,50)/b9-5-,10-6-,11-7-,12-8-. The van der Waals surface area contributed by atoms with Gasteiger partial charge in [0.05, 0.1) is 13.0 Å². The van der Waals surface area contributed by atoms with Gasteiger partial charge < -0.3 is 19.8 Å². The van der Waals surface area contributed by atoms with Crippen molar-refractivity contribution in [3.63, 3.8) is 0 Å². The predicted molar refractivity (Wildman–Crippen MR) is 219 cm³/mol. The minimum atomic E-state index is -0.686. The van der Waals surface area contributed by atoms with Crippen LogP contribution in [-0.2, 0) is 19.1 Å². The van der Waals surface area contributed by atoms with Gasteiger partial charge in [-0.2, -0.15) is 0 Å². The summed E-state index contributed by atoms with van der Waals surface area (Å²) in [6, 6.07) is 0. The number of nitrogens with zero attached hydrogens (tertiary/aromatic N) is 1. The summed E-state index contributed by atoms with van der Waals surface area (Å²) in [4.78, 5) is 35.3.